The van der Waals surface area contributed by atoms with Gasteiger partial charge in [-0.2, -0.15) is 0 Å². The Bertz CT molecular complexity index is 927. The van der Waals surface area contributed by atoms with Crippen molar-refractivity contribution in [1.29, 1.82) is 0 Å². The van der Waals surface area contributed by atoms with E-state index in [4.69, 9.17) is 14.5 Å². The first-order chi connectivity index (χ1) is 14.1. The highest BCUT2D eigenvalue weighted by atomic mass is 32.1. The van der Waals surface area contributed by atoms with Crippen molar-refractivity contribution in [3.05, 3.63) is 48.5 Å². The molecule has 0 saturated carbocycles. The van der Waals surface area contributed by atoms with E-state index in [1.165, 1.54) is 16.2 Å². The molecule has 0 aliphatic rings. The maximum atomic E-state index is 13.0. The van der Waals surface area contributed by atoms with Gasteiger partial charge in [0.25, 0.3) is 0 Å². The number of quaternary nitrogens is 1. The Morgan fingerprint density at radius 1 is 1.10 bits per heavy atom. The van der Waals surface area contributed by atoms with Crippen molar-refractivity contribution >= 4 is 32.6 Å². The van der Waals surface area contributed by atoms with Crippen LogP contribution in [0.3, 0.4) is 0 Å². The molecular formula is C22H28N3O3S+. The van der Waals surface area contributed by atoms with Crippen LogP contribution in [-0.4, -0.2) is 51.3 Å². The molecule has 1 amide bonds. The standard InChI is InChI=1S/C22H27N3O3S/c1-4-27-18-11-8-12-19-21(18)23-22(29-19)25(15-14-24(2)3)20(26)13-16-28-17-9-6-5-7-10-17/h5-12H,4,13-16H2,1-3H3/p+1. The maximum Gasteiger partial charge on any atom is 0.232 e. The van der Waals surface area contributed by atoms with Crippen LogP contribution in [0, 0.1) is 0 Å². The smallest absolute Gasteiger partial charge is 0.232 e. The maximum absolute atomic E-state index is 13.0. The lowest BCUT2D eigenvalue weighted by atomic mass is 10.3. The molecule has 0 fully saturated rings. The molecule has 0 radical (unpaired) electrons. The van der Waals surface area contributed by atoms with Crippen LogP contribution in [0.5, 0.6) is 11.5 Å². The predicted molar refractivity (Wildman–Crippen MR) is 117 cm³/mol. The number of amides is 1. The van der Waals surface area contributed by atoms with Crippen molar-refractivity contribution in [3.8, 4) is 11.5 Å². The molecule has 1 aromatic heterocycles. The van der Waals surface area contributed by atoms with Crippen LogP contribution in [0.1, 0.15) is 13.3 Å². The van der Waals surface area contributed by atoms with Crippen molar-refractivity contribution < 1.29 is 19.2 Å². The van der Waals surface area contributed by atoms with Crippen LogP contribution in [0.4, 0.5) is 5.13 Å². The fourth-order valence-electron chi connectivity index (χ4n) is 2.87. The first-order valence-electron chi connectivity index (χ1n) is 9.88. The quantitative estimate of drug-likeness (QED) is 0.554. The van der Waals surface area contributed by atoms with E-state index in [1.54, 1.807) is 4.90 Å². The van der Waals surface area contributed by atoms with E-state index < -0.39 is 0 Å². The minimum absolute atomic E-state index is 0.0131. The number of thiazole rings is 1. The van der Waals surface area contributed by atoms with Gasteiger partial charge >= 0.3 is 0 Å². The molecular weight excluding hydrogens is 386 g/mol. The lowest BCUT2D eigenvalue weighted by Crippen LogP contribution is -3.06. The van der Waals surface area contributed by atoms with Gasteiger partial charge in [-0.25, -0.2) is 4.98 Å². The molecule has 0 unspecified atom stereocenters. The van der Waals surface area contributed by atoms with Gasteiger partial charge in [0.2, 0.25) is 5.91 Å². The minimum Gasteiger partial charge on any atom is -0.493 e. The van der Waals surface area contributed by atoms with Crippen LogP contribution in [0.2, 0.25) is 0 Å². The molecule has 7 heteroatoms. The number of nitrogens with one attached hydrogen (secondary N) is 1. The molecule has 0 saturated heterocycles. The van der Waals surface area contributed by atoms with Crippen molar-refractivity contribution in [2.24, 2.45) is 0 Å². The van der Waals surface area contributed by atoms with Crippen molar-refractivity contribution in [2.75, 3.05) is 45.3 Å². The summed E-state index contributed by atoms with van der Waals surface area (Å²) in [6, 6.07) is 15.4. The first kappa shape index (κ1) is 21.1. The molecule has 1 heterocycles. The van der Waals surface area contributed by atoms with Crippen molar-refractivity contribution in [1.82, 2.24) is 4.98 Å². The van der Waals surface area contributed by atoms with E-state index >= 15 is 0 Å². The monoisotopic (exact) mass is 414 g/mol. The summed E-state index contributed by atoms with van der Waals surface area (Å²) in [7, 11) is 4.15. The normalized spacial score (nSPS) is 11.0. The summed E-state index contributed by atoms with van der Waals surface area (Å²) in [6.07, 6.45) is 0.298. The number of ether oxygens (including phenoxy) is 2. The number of hydrogen-bond donors (Lipinski definition) is 1. The topological polar surface area (TPSA) is 56.1 Å². The van der Waals surface area contributed by atoms with Gasteiger partial charge in [-0.3, -0.25) is 9.69 Å². The molecule has 0 atom stereocenters. The van der Waals surface area contributed by atoms with E-state index in [1.807, 2.05) is 55.5 Å². The number of carbonyl (C=O) groups is 1. The number of rotatable bonds is 10. The highest BCUT2D eigenvalue weighted by molar-refractivity contribution is 7.22. The lowest BCUT2D eigenvalue weighted by molar-refractivity contribution is -0.856. The third-order valence-corrected chi connectivity index (χ3v) is 5.41. The Labute approximate surface area is 175 Å². The van der Waals surface area contributed by atoms with Crippen LogP contribution in [-0.2, 0) is 4.79 Å². The molecule has 3 rings (SSSR count). The van der Waals surface area contributed by atoms with Gasteiger partial charge in [-0.05, 0) is 31.2 Å². The zero-order valence-electron chi connectivity index (χ0n) is 17.2. The van der Waals surface area contributed by atoms with Gasteiger partial charge in [0.15, 0.2) is 5.13 Å². The summed E-state index contributed by atoms with van der Waals surface area (Å²) >= 11 is 1.52. The number of nitrogens with zero attached hydrogens (tertiary/aromatic N) is 2. The van der Waals surface area contributed by atoms with Crippen molar-refractivity contribution in [3.63, 3.8) is 0 Å². The number of benzene rings is 2. The Balaban J connectivity index is 1.76. The number of fused-ring (bicyclic) bond motifs is 1. The molecule has 154 valence electrons. The van der Waals surface area contributed by atoms with Gasteiger partial charge in [-0.1, -0.05) is 35.6 Å². The molecule has 29 heavy (non-hydrogen) atoms. The molecule has 2 aromatic carbocycles. The predicted octanol–water partition coefficient (Wildman–Crippen LogP) is 2.64. The van der Waals surface area contributed by atoms with Crippen molar-refractivity contribution in [2.45, 2.75) is 13.3 Å². The summed E-state index contributed by atoms with van der Waals surface area (Å²) in [5, 5.41) is 0.707. The van der Waals surface area contributed by atoms with Crippen LogP contribution in [0.25, 0.3) is 10.2 Å². The molecule has 0 spiro atoms. The summed E-state index contributed by atoms with van der Waals surface area (Å²) in [5.74, 6) is 1.54. The van der Waals surface area contributed by atoms with Crippen LogP contribution >= 0.6 is 11.3 Å². The minimum atomic E-state index is 0.0131. The second kappa shape index (κ2) is 10.2. The number of para-hydroxylation sites is 2. The van der Waals surface area contributed by atoms with Gasteiger partial charge in [-0.15, -0.1) is 0 Å². The highest BCUT2D eigenvalue weighted by Crippen LogP contribution is 2.34. The molecule has 1 N–H and O–H groups in total. The largest absolute Gasteiger partial charge is 0.493 e. The van der Waals surface area contributed by atoms with E-state index in [9.17, 15) is 4.79 Å². The summed E-state index contributed by atoms with van der Waals surface area (Å²) in [4.78, 5) is 20.8. The van der Waals surface area contributed by atoms with Gasteiger partial charge in [0.1, 0.15) is 17.0 Å². The van der Waals surface area contributed by atoms with E-state index in [0.717, 1.165) is 28.3 Å². The Kier molecular flexibility index (Phi) is 7.43. The van der Waals surface area contributed by atoms with Gasteiger partial charge in [0.05, 0.1) is 51.5 Å². The van der Waals surface area contributed by atoms with E-state index in [-0.39, 0.29) is 5.91 Å². The number of hydrogen-bond acceptors (Lipinski definition) is 5. The summed E-state index contributed by atoms with van der Waals surface area (Å²) in [6.45, 7) is 4.31. The number of anilines is 1. The zero-order chi connectivity index (χ0) is 20.6. The van der Waals surface area contributed by atoms with E-state index in [2.05, 4.69) is 14.1 Å². The van der Waals surface area contributed by atoms with Gasteiger partial charge in [0, 0.05) is 0 Å². The van der Waals surface area contributed by atoms with Gasteiger partial charge < -0.3 is 14.4 Å². The number of carbonyl (C=O) groups excluding carboxylic acids is 1. The first-order valence-corrected chi connectivity index (χ1v) is 10.7. The van der Waals surface area contributed by atoms with E-state index in [0.29, 0.717) is 31.3 Å². The Morgan fingerprint density at radius 2 is 1.90 bits per heavy atom. The lowest BCUT2D eigenvalue weighted by Gasteiger charge is -2.20. The molecule has 0 aliphatic carbocycles. The summed E-state index contributed by atoms with van der Waals surface area (Å²) in [5.41, 5.74) is 0.810. The fourth-order valence-corrected chi connectivity index (χ4v) is 3.90. The second-order valence-corrected chi connectivity index (χ2v) is 7.96. The number of aromatic nitrogens is 1. The second-order valence-electron chi connectivity index (χ2n) is 6.95. The van der Waals surface area contributed by atoms with Crippen LogP contribution < -0.4 is 19.3 Å². The average molecular weight is 415 g/mol. The third-order valence-electron chi connectivity index (χ3n) is 4.37. The molecule has 0 aliphatic heterocycles. The fraction of sp³-hybridized carbons (Fsp3) is 0.364. The SMILES string of the molecule is CCOc1cccc2sc(N(CC[NH+](C)C)C(=O)CCOc3ccccc3)nc12. The summed E-state index contributed by atoms with van der Waals surface area (Å²) < 4.78 is 12.4. The third kappa shape index (κ3) is 5.68. The number of likely N-dealkylation sites (N-methyl/N-ethyl adjacent to an activating group) is 1. The highest BCUT2D eigenvalue weighted by Gasteiger charge is 2.21. The average Bonchev–Trinajstić information content (AvgIpc) is 3.14. The molecule has 0 bridgehead atoms. The van der Waals surface area contributed by atoms with Crippen LogP contribution in [0.15, 0.2) is 48.5 Å². The molecule has 6 nitrogen and oxygen atoms in total. The molecule has 3 aromatic rings. The zero-order valence-corrected chi connectivity index (χ0v) is 18.0. The Morgan fingerprint density at radius 3 is 2.62 bits per heavy atom. The Hall–Kier alpha value is -2.64.